The average molecular weight is 224 g/mol. The molecule has 0 fully saturated rings. The van der Waals surface area contributed by atoms with E-state index in [1.165, 1.54) is 0 Å². The predicted molar refractivity (Wildman–Crippen MR) is 48.0 cm³/mol. The lowest BCUT2D eigenvalue weighted by atomic mass is 10.1. The van der Waals surface area contributed by atoms with Gasteiger partial charge in [-0.1, -0.05) is 0 Å². The number of hydrogen-bond acceptors (Lipinski definition) is 7. The summed E-state index contributed by atoms with van der Waals surface area (Å²) < 4.78 is 4.61. The molecule has 90 valence electrons. The highest BCUT2D eigenvalue weighted by atomic mass is 16.5. The normalized spacial score (nSPS) is 17.1. The Morgan fingerprint density at radius 1 is 1.20 bits per heavy atom. The van der Waals surface area contributed by atoms with Crippen LogP contribution in [0.2, 0.25) is 0 Å². The highest BCUT2D eigenvalue weighted by molar-refractivity contribution is 5.84. The molecule has 0 spiro atoms. The van der Waals surface area contributed by atoms with E-state index >= 15 is 0 Å². The van der Waals surface area contributed by atoms with Crippen LogP contribution in [0.4, 0.5) is 0 Å². The van der Waals surface area contributed by atoms with Crippen molar-refractivity contribution in [3.63, 3.8) is 0 Å². The number of Topliss-reactive ketones (excluding diaryl/α,β-unsaturated/α-hetero) is 1. The molecule has 15 heavy (non-hydrogen) atoms. The van der Waals surface area contributed by atoms with Gasteiger partial charge in [-0.05, 0) is 0 Å². The van der Waals surface area contributed by atoms with Gasteiger partial charge in [-0.15, -0.1) is 0 Å². The van der Waals surface area contributed by atoms with Gasteiger partial charge in [0.25, 0.3) is 0 Å². The molecular formula is C8H16O7. The molecule has 0 saturated carbocycles. The monoisotopic (exact) mass is 224 g/mol. The molecule has 7 nitrogen and oxygen atoms in total. The molecule has 0 amide bonds. The Balaban J connectivity index is 3.96. The van der Waals surface area contributed by atoms with Gasteiger partial charge in [0.1, 0.15) is 24.9 Å². The van der Waals surface area contributed by atoms with Crippen molar-refractivity contribution in [2.45, 2.75) is 18.3 Å². The summed E-state index contributed by atoms with van der Waals surface area (Å²) in [6.45, 7) is -1.55. The van der Waals surface area contributed by atoms with E-state index in [9.17, 15) is 9.90 Å². The van der Waals surface area contributed by atoms with E-state index in [1.54, 1.807) is 0 Å². The van der Waals surface area contributed by atoms with Crippen LogP contribution in [-0.4, -0.2) is 76.1 Å². The van der Waals surface area contributed by atoms with E-state index in [-0.39, 0.29) is 13.2 Å². The van der Waals surface area contributed by atoms with Crippen LogP contribution in [0.3, 0.4) is 0 Å². The van der Waals surface area contributed by atoms with Crippen LogP contribution in [0, 0.1) is 0 Å². The Bertz CT molecular complexity index is 184. The molecule has 0 rings (SSSR count). The lowest BCUT2D eigenvalue weighted by Crippen LogP contribution is -2.45. The second-order valence-corrected chi connectivity index (χ2v) is 2.93. The van der Waals surface area contributed by atoms with E-state index < -0.39 is 37.3 Å². The second kappa shape index (κ2) is 7.69. The van der Waals surface area contributed by atoms with Gasteiger partial charge in [0, 0.05) is 0 Å². The van der Waals surface area contributed by atoms with Gasteiger partial charge in [-0.2, -0.15) is 0 Å². The minimum Gasteiger partial charge on any atom is -0.394 e. The van der Waals surface area contributed by atoms with Crippen LogP contribution in [-0.2, 0) is 9.53 Å². The summed E-state index contributed by atoms with van der Waals surface area (Å²) in [4.78, 5) is 11.1. The van der Waals surface area contributed by atoms with Crippen LogP contribution >= 0.6 is 0 Å². The van der Waals surface area contributed by atoms with Gasteiger partial charge in [0.2, 0.25) is 0 Å². The van der Waals surface area contributed by atoms with Gasteiger partial charge in [-0.3, -0.25) is 4.79 Å². The molecule has 0 bridgehead atoms. The number of aliphatic hydroxyl groups excluding tert-OH is 5. The first-order valence-corrected chi connectivity index (χ1v) is 4.41. The first-order valence-electron chi connectivity index (χ1n) is 4.41. The Morgan fingerprint density at radius 2 is 1.80 bits per heavy atom. The number of carbonyl (C=O) groups is 1. The zero-order valence-electron chi connectivity index (χ0n) is 8.11. The minimum absolute atomic E-state index is 0.0584. The molecule has 3 atom stereocenters. The number of ketones is 1. The van der Waals surface area contributed by atoms with E-state index in [4.69, 9.17) is 20.4 Å². The molecule has 0 aliphatic rings. The van der Waals surface area contributed by atoms with Crippen LogP contribution in [0.1, 0.15) is 0 Å². The highest BCUT2D eigenvalue weighted by Gasteiger charge is 2.29. The average Bonchev–Trinajstić information content (AvgIpc) is 2.26. The third-order valence-electron chi connectivity index (χ3n) is 1.71. The van der Waals surface area contributed by atoms with E-state index in [1.807, 2.05) is 0 Å². The van der Waals surface area contributed by atoms with Gasteiger partial charge in [-0.25, -0.2) is 0 Å². The third-order valence-corrected chi connectivity index (χ3v) is 1.71. The smallest absolute Gasteiger partial charge is 0.189 e. The first-order chi connectivity index (χ1) is 7.04. The zero-order valence-corrected chi connectivity index (χ0v) is 8.11. The number of carbonyl (C=O) groups excluding carboxylic acids is 1. The fourth-order valence-electron chi connectivity index (χ4n) is 0.832. The van der Waals surface area contributed by atoms with E-state index in [2.05, 4.69) is 4.74 Å². The summed E-state index contributed by atoms with van der Waals surface area (Å²) in [5.74, 6) is -0.830. The molecule has 0 aliphatic carbocycles. The van der Waals surface area contributed by atoms with Gasteiger partial charge < -0.3 is 30.3 Å². The Hall–Kier alpha value is -0.570. The summed E-state index contributed by atoms with van der Waals surface area (Å²) in [5.41, 5.74) is 0. The third kappa shape index (κ3) is 5.17. The fraction of sp³-hybridized carbons (Fsp3) is 0.875. The van der Waals surface area contributed by atoms with Gasteiger partial charge in [0.05, 0.1) is 19.8 Å². The summed E-state index contributed by atoms with van der Waals surface area (Å²) in [6, 6.07) is 0. The van der Waals surface area contributed by atoms with Crippen molar-refractivity contribution >= 4 is 5.78 Å². The topological polar surface area (TPSA) is 127 Å². The van der Waals surface area contributed by atoms with Gasteiger partial charge in [0.15, 0.2) is 5.78 Å². The lowest BCUT2D eigenvalue weighted by molar-refractivity contribution is -0.144. The molecule has 0 heterocycles. The Kier molecular flexibility index (Phi) is 7.39. The summed E-state index contributed by atoms with van der Waals surface area (Å²) in [5, 5.41) is 44.0. The Labute approximate surface area is 86.5 Å². The molecule has 0 aliphatic heterocycles. The van der Waals surface area contributed by atoms with Crippen LogP contribution in [0.15, 0.2) is 0 Å². The number of aliphatic hydroxyl groups is 5. The van der Waals surface area contributed by atoms with Crippen LogP contribution in [0.25, 0.3) is 0 Å². The molecule has 0 aromatic heterocycles. The number of rotatable bonds is 8. The molecule has 0 saturated heterocycles. The van der Waals surface area contributed by atoms with Crippen molar-refractivity contribution < 1.29 is 35.1 Å². The van der Waals surface area contributed by atoms with E-state index in [0.717, 1.165) is 0 Å². The SMILES string of the molecule is O=C(COCCO)[C@@H](O)[C@H](O)[C@H](O)CO. The quantitative estimate of drug-likeness (QED) is 0.272. The standard InChI is InChI=1S/C8H16O7/c9-1-2-15-4-6(12)8(14)7(13)5(11)3-10/h5,7-11,13-14H,1-4H2/t5-,7-,8-/m1/s1. The summed E-state index contributed by atoms with van der Waals surface area (Å²) >= 11 is 0. The van der Waals surface area contributed by atoms with Gasteiger partial charge >= 0.3 is 0 Å². The number of ether oxygens (including phenoxy) is 1. The largest absolute Gasteiger partial charge is 0.394 e. The Morgan fingerprint density at radius 3 is 2.27 bits per heavy atom. The van der Waals surface area contributed by atoms with E-state index in [0.29, 0.717) is 0 Å². The van der Waals surface area contributed by atoms with Crippen molar-refractivity contribution in [3.05, 3.63) is 0 Å². The molecule has 0 radical (unpaired) electrons. The lowest BCUT2D eigenvalue weighted by Gasteiger charge is -2.20. The first kappa shape index (κ1) is 14.4. The highest BCUT2D eigenvalue weighted by Crippen LogP contribution is 2.01. The molecule has 0 aromatic carbocycles. The van der Waals surface area contributed by atoms with Crippen LogP contribution in [0.5, 0.6) is 0 Å². The van der Waals surface area contributed by atoms with Crippen molar-refractivity contribution in [1.82, 2.24) is 0 Å². The molecular weight excluding hydrogens is 208 g/mol. The zero-order chi connectivity index (χ0) is 11.8. The number of hydrogen-bond donors (Lipinski definition) is 5. The van der Waals surface area contributed by atoms with Crippen molar-refractivity contribution in [2.24, 2.45) is 0 Å². The minimum atomic E-state index is -1.81. The van der Waals surface area contributed by atoms with Crippen molar-refractivity contribution in [1.29, 1.82) is 0 Å². The summed E-state index contributed by atoms with van der Waals surface area (Å²) in [7, 11) is 0. The molecule has 7 heteroatoms. The maximum absolute atomic E-state index is 11.1. The molecule has 5 N–H and O–H groups in total. The van der Waals surface area contributed by atoms with Crippen molar-refractivity contribution in [3.8, 4) is 0 Å². The maximum Gasteiger partial charge on any atom is 0.189 e. The van der Waals surface area contributed by atoms with Crippen LogP contribution < -0.4 is 0 Å². The summed E-state index contributed by atoms with van der Waals surface area (Å²) in [6.07, 6.45) is -5.15. The van der Waals surface area contributed by atoms with Crippen molar-refractivity contribution in [2.75, 3.05) is 26.4 Å². The second-order valence-electron chi connectivity index (χ2n) is 2.93. The molecule has 0 unspecified atom stereocenters. The predicted octanol–water partition coefficient (Wildman–Crippen LogP) is -3.36. The molecule has 0 aromatic rings. The maximum atomic E-state index is 11.1. The fourth-order valence-corrected chi connectivity index (χ4v) is 0.832.